The van der Waals surface area contributed by atoms with Gasteiger partial charge < -0.3 is 5.73 Å². The molecule has 19 heavy (non-hydrogen) atoms. The molecule has 0 bridgehead atoms. The van der Waals surface area contributed by atoms with Crippen molar-refractivity contribution < 1.29 is 0 Å². The standard InChI is InChI=1S/C16H24N2S/c1-12-8-9-13(2)18(10-12)11-15(16(17)19)14-6-4-3-5-7-14/h3-7,12-13,15H,8-11H2,1-2H3,(H2,17,19). The molecular weight excluding hydrogens is 252 g/mol. The molecule has 1 fully saturated rings. The van der Waals surface area contributed by atoms with Crippen molar-refractivity contribution in [1.29, 1.82) is 0 Å². The minimum atomic E-state index is 0.170. The molecule has 2 rings (SSSR count). The van der Waals surface area contributed by atoms with E-state index in [9.17, 15) is 0 Å². The Balaban J connectivity index is 2.11. The summed E-state index contributed by atoms with van der Waals surface area (Å²) in [7, 11) is 0. The van der Waals surface area contributed by atoms with Crippen molar-refractivity contribution in [2.75, 3.05) is 13.1 Å². The molecule has 1 aliphatic heterocycles. The lowest BCUT2D eigenvalue weighted by Crippen LogP contribution is -2.44. The summed E-state index contributed by atoms with van der Waals surface area (Å²) in [6.07, 6.45) is 2.61. The molecule has 3 atom stereocenters. The van der Waals surface area contributed by atoms with Crippen LogP contribution in [0.3, 0.4) is 0 Å². The lowest BCUT2D eigenvalue weighted by atomic mass is 9.92. The summed E-state index contributed by atoms with van der Waals surface area (Å²) in [5.41, 5.74) is 7.21. The third-order valence-electron chi connectivity index (χ3n) is 4.21. The van der Waals surface area contributed by atoms with Crippen molar-refractivity contribution in [3.63, 3.8) is 0 Å². The van der Waals surface area contributed by atoms with Crippen LogP contribution in [0.1, 0.15) is 38.2 Å². The van der Waals surface area contributed by atoms with Gasteiger partial charge in [0, 0.05) is 25.0 Å². The minimum Gasteiger partial charge on any atom is -0.393 e. The summed E-state index contributed by atoms with van der Waals surface area (Å²) < 4.78 is 0. The highest BCUT2D eigenvalue weighted by Gasteiger charge is 2.26. The summed E-state index contributed by atoms with van der Waals surface area (Å²) in [6.45, 7) is 6.75. The van der Waals surface area contributed by atoms with Crippen molar-refractivity contribution in [3.8, 4) is 0 Å². The van der Waals surface area contributed by atoms with Crippen LogP contribution in [0.25, 0.3) is 0 Å². The number of piperidine rings is 1. The monoisotopic (exact) mass is 276 g/mol. The molecule has 0 radical (unpaired) electrons. The third-order valence-corrected chi connectivity index (χ3v) is 4.49. The molecule has 0 aliphatic carbocycles. The maximum absolute atomic E-state index is 5.97. The highest BCUT2D eigenvalue weighted by molar-refractivity contribution is 7.80. The van der Waals surface area contributed by atoms with Crippen LogP contribution in [0.5, 0.6) is 0 Å². The highest BCUT2D eigenvalue weighted by atomic mass is 32.1. The van der Waals surface area contributed by atoms with Crippen LogP contribution in [0.15, 0.2) is 30.3 Å². The second-order valence-corrected chi connectivity index (χ2v) is 6.32. The van der Waals surface area contributed by atoms with E-state index < -0.39 is 0 Å². The van der Waals surface area contributed by atoms with E-state index in [0.717, 1.165) is 19.0 Å². The van der Waals surface area contributed by atoms with Crippen LogP contribution in [-0.2, 0) is 0 Å². The van der Waals surface area contributed by atoms with Crippen LogP contribution in [0.2, 0.25) is 0 Å². The van der Waals surface area contributed by atoms with Gasteiger partial charge in [0.1, 0.15) is 0 Å². The summed E-state index contributed by atoms with van der Waals surface area (Å²) in [5.74, 6) is 0.947. The van der Waals surface area contributed by atoms with E-state index in [0.29, 0.717) is 11.0 Å². The Morgan fingerprint density at radius 2 is 2.00 bits per heavy atom. The molecule has 1 heterocycles. The number of hydrogen-bond acceptors (Lipinski definition) is 2. The van der Waals surface area contributed by atoms with Gasteiger partial charge in [-0.15, -0.1) is 0 Å². The third kappa shape index (κ3) is 3.77. The van der Waals surface area contributed by atoms with Crippen molar-refractivity contribution in [1.82, 2.24) is 4.90 Å². The van der Waals surface area contributed by atoms with Crippen LogP contribution in [-0.4, -0.2) is 29.0 Å². The molecule has 104 valence electrons. The molecular formula is C16H24N2S. The fourth-order valence-electron chi connectivity index (χ4n) is 2.91. The van der Waals surface area contributed by atoms with Crippen LogP contribution < -0.4 is 5.73 Å². The number of thiocarbonyl (C=S) groups is 1. The molecule has 3 heteroatoms. The largest absolute Gasteiger partial charge is 0.393 e. The fourth-order valence-corrected chi connectivity index (χ4v) is 3.12. The van der Waals surface area contributed by atoms with E-state index in [1.807, 2.05) is 6.07 Å². The Hall–Kier alpha value is -0.930. The minimum absolute atomic E-state index is 0.170. The van der Waals surface area contributed by atoms with Crippen LogP contribution in [0.4, 0.5) is 0 Å². The zero-order chi connectivity index (χ0) is 13.8. The van der Waals surface area contributed by atoms with Gasteiger partial charge in [-0.05, 0) is 31.2 Å². The number of rotatable bonds is 4. The number of hydrogen-bond donors (Lipinski definition) is 1. The molecule has 0 spiro atoms. The Morgan fingerprint density at radius 3 is 2.63 bits per heavy atom. The Kier molecular flexibility index (Phi) is 4.94. The average Bonchev–Trinajstić information content (AvgIpc) is 2.40. The summed E-state index contributed by atoms with van der Waals surface area (Å²) in [4.78, 5) is 3.15. The van der Waals surface area contributed by atoms with Gasteiger partial charge in [-0.2, -0.15) is 0 Å². The van der Waals surface area contributed by atoms with Crippen molar-refractivity contribution in [3.05, 3.63) is 35.9 Å². The first-order valence-electron chi connectivity index (χ1n) is 7.16. The number of benzene rings is 1. The maximum atomic E-state index is 5.97. The number of nitrogens with zero attached hydrogens (tertiary/aromatic N) is 1. The molecule has 2 N–H and O–H groups in total. The van der Waals surface area contributed by atoms with Gasteiger partial charge in [-0.1, -0.05) is 49.5 Å². The van der Waals surface area contributed by atoms with E-state index in [-0.39, 0.29) is 5.92 Å². The molecule has 2 nitrogen and oxygen atoms in total. The Bertz CT molecular complexity index is 418. The van der Waals surface area contributed by atoms with Gasteiger partial charge in [-0.3, -0.25) is 4.90 Å². The van der Waals surface area contributed by atoms with Crippen LogP contribution in [0, 0.1) is 5.92 Å². The molecule has 3 unspecified atom stereocenters. The molecule has 1 aromatic rings. The van der Waals surface area contributed by atoms with E-state index >= 15 is 0 Å². The molecule has 0 aromatic heterocycles. The predicted molar refractivity (Wildman–Crippen MR) is 85.4 cm³/mol. The highest BCUT2D eigenvalue weighted by Crippen LogP contribution is 2.25. The van der Waals surface area contributed by atoms with Gasteiger partial charge in [0.05, 0.1) is 4.99 Å². The van der Waals surface area contributed by atoms with Crippen LogP contribution >= 0.6 is 12.2 Å². The Morgan fingerprint density at radius 1 is 1.32 bits per heavy atom. The van der Waals surface area contributed by atoms with Crippen molar-refractivity contribution in [2.45, 2.75) is 38.6 Å². The lowest BCUT2D eigenvalue weighted by molar-refractivity contribution is 0.124. The number of likely N-dealkylation sites (tertiary alicyclic amines) is 1. The van der Waals surface area contributed by atoms with E-state index in [2.05, 4.69) is 43.0 Å². The molecule has 0 saturated carbocycles. The lowest BCUT2D eigenvalue weighted by Gasteiger charge is -2.38. The Labute approximate surface area is 122 Å². The van der Waals surface area contributed by atoms with Gasteiger partial charge in [0.25, 0.3) is 0 Å². The van der Waals surface area contributed by atoms with Gasteiger partial charge in [-0.25, -0.2) is 0 Å². The molecule has 0 amide bonds. The smallest absolute Gasteiger partial charge is 0.0816 e. The van der Waals surface area contributed by atoms with Crippen molar-refractivity contribution >= 4 is 17.2 Å². The average molecular weight is 276 g/mol. The van der Waals surface area contributed by atoms with E-state index in [4.69, 9.17) is 18.0 Å². The zero-order valence-electron chi connectivity index (χ0n) is 11.9. The molecule has 1 aromatic carbocycles. The maximum Gasteiger partial charge on any atom is 0.0816 e. The van der Waals surface area contributed by atoms with E-state index in [1.165, 1.54) is 18.4 Å². The first-order valence-corrected chi connectivity index (χ1v) is 7.57. The van der Waals surface area contributed by atoms with E-state index in [1.54, 1.807) is 0 Å². The second-order valence-electron chi connectivity index (χ2n) is 5.85. The summed E-state index contributed by atoms with van der Waals surface area (Å²) >= 11 is 5.29. The molecule has 1 aliphatic rings. The zero-order valence-corrected chi connectivity index (χ0v) is 12.7. The quantitative estimate of drug-likeness (QED) is 0.857. The van der Waals surface area contributed by atoms with Gasteiger partial charge in [0.2, 0.25) is 0 Å². The fraction of sp³-hybridized carbons (Fsp3) is 0.562. The SMILES string of the molecule is CC1CCC(C)N(CC(C(N)=S)c2ccccc2)C1. The number of nitrogens with two attached hydrogens (primary N) is 1. The molecule has 1 saturated heterocycles. The van der Waals surface area contributed by atoms with Gasteiger partial charge >= 0.3 is 0 Å². The predicted octanol–water partition coefficient (Wildman–Crippen LogP) is 3.18. The van der Waals surface area contributed by atoms with Gasteiger partial charge in [0.15, 0.2) is 0 Å². The first kappa shape index (κ1) is 14.5. The second kappa shape index (κ2) is 6.49. The topological polar surface area (TPSA) is 29.3 Å². The normalized spacial score (nSPS) is 26.0. The summed E-state index contributed by atoms with van der Waals surface area (Å²) in [5, 5.41) is 0. The first-order chi connectivity index (χ1) is 9.08. The summed E-state index contributed by atoms with van der Waals surface area (Å²) in [6, 6.07) is 11.0. The van der Waals surface area contributed by atoms with Crippen molar-refractivity contribution in [2.24, 2.45) is 11.7 Å².